The van der Waals surface area contributed by atoms with Gasteiger partial charge in [0, 0.05) is 37.1 Å². The first-order chi connectivity index (χ1) is 12.5. The molecule has 0 atom stereocenters. The van der Waals surface area contributed by atoms with Gasteiger partial charge in [-0.2, -0.15) is 0 Å². The Morgan fingerprint density at radius 1 is 0.769 bits per heavy atom. The molecule has 0 saturated heterocycles. The number of carbonyl (C=O) groups excluding carboxylic acids is 3. The second-order valence-corrected chi connectivity index (χ2v) is 5.41. The average molecular weight is 352 g/mol. The van der Waals surface area contributed by atoms with E-state index in [1.54, 1.807) is 54.6 Å². The van der Waals surface area contributed by atoms with Gasteiger partial charge in [-0.15, -0.1) is 0 Å². The number of urea groups is 1. The van der Waals surface area contributed by atoms with E-state index in [0.717, 1.165) is 5.56 Å². The maximum absolute atomic E-state index is 12.0. The van der Waals surface area contributed by atoms with Crippen LogP contribution < -0.4 is 21.3 Å². The van der Waals surface area contributed by atoms with E-state index in [-0.39, 0.29) is 17.8 Å². The molecule has 2 aromatic carbocycles. The van der Waals surface area contributed by atoms with Crippen LogP contribution in [0.5, 0.6) is 0 Å². The van der Waals surface area contributed by atoms with Crippen molar-refractivity contribution in [2.24, 2.45) is 0 Å². The van der Waals surface area contributed by atoms with E-state index in [1.807, 2.05) is 0 Å². The van der Waals surface area contributed by atoms with Gasteiger partial charge in [0.2, 0.25) is 11.8 Å². The topological polar surface area (TPSA) is 99.3 Å². The van der Waals surface area contributed by atoms with Crippen molar-refractivity contribution >= 4 is 41.0 Å². The molecule has 2 aromatic rings. The SMILES string of the molecule is CNC(=O)Nc1ccc(NC(=O)/C=C/c2ccc(NC(C)=O)cc2)cc1. The molecule has 7 nitrogen and oxygen atoms in total. The molecule has 0 heterocycles. The number of carbonyl (C=O) groups is 3. The number of amides is 4. The largest absolute Gasteiger partial charge is 0.341 e. The molecule has 0 saturated carbocycles. The number of nitrogens with one attached hydrogen (secondary N) is 4. The molecule has 4 N–H and O–H groups in total. The quantitative estimate of drug-likeness (QED) is 0.622. The van der Waals surface area contributed by atoms with E-state index in [1.165, 1.54) is 20.0 Å². The highest BCUT2D eigenvalue weighted by Gasteiger charge is 2.01. The van der Waals surface area contributed by atoms with E-state index in [4.69, 9.17) is 0 Å². The molecule has 0 aliphatic carbocycles. The predicted molar refractivity (Wildman–Crippen MR) is 103 cm³/mol. The first-order valence-corrected chi connectivity index (χ1v) is 7.92. The summed E-state index contributed by atoms with van der Waals surface area (Å²) in [4.78, 5) is 34.2. The first-order valence-electron chi connectivity index (χ1n) is 7.92. The minimum absolute atomic E-state index is 0.135. The van der Waals surface area contributed by atoms with Crippen LogP contribution in [0.15, 0.2) is 54.6 Å². The minimum atomic E-state index is -0.311. The first kappa shape index (κ1) is 18.7. The van der Waals surface area contributed by atoms with Gasteiger partial charge in [0.1, 0.15) is 0 Å². The molecule has 26 heavy (non-hydrogen) atoms. The molecule has 4 amide bonds. The van der Waals surface area contributed by atoms with Gasteiger partial charge < -0.3 is 21.3 Å². The van der Waals surface area contributed by atoms with Crippen LogP contribution in [0.4, 0.5) is 21.9 Å². The fraction of sp³-hybridized carbons (Fsp3) is 0.105. The maximum Gasteiger partial charge on any atom is 0.318 e. The summed E-state index contributed by atoms with van der Waals surface area (Å²) in [5.41, 5.74) is 2.77. The third-order valence-electron chi connectivity index (χ3n) is 3.30. The smallest absolute Gasteiger partial charge is 0.318 e. The summed E-state index contributed by atoms with van der Waals surface area (Å²) in [5.74, 6) is -0.410. The lowest BCUT2D eigenvalue weighted by atomic mass is 10.2. The average Bonchev–Trinajstić information content (AvgIpc) is 2.62. The molecule has 7 heteroatoms. The number of benzene rings is 2. The van der Waals surface area contributed by atoms with Crippen molar-refractivity contribution in [1.29, 1.82) is 0 Å². The molecule has 134 valence electrons. The summed E-state index contributed by atoms with van der Waals surface area (Å²) in [7, 11) is 1.53. The minimum Gasteiger partial charge on any atom is -0.341 e. The highest BCUT2D eigenvalue weighted by Crippen LogP contribution is 2.14. The Labute approximate surface area is 151 Å². The van der Waals surface area contributed by atoms with Gasteiger partial charge in [0.25, 0.3) is 0 Å². The summed E-state index contributed by atoms with van der Waals surface area (Å²) in [6.07, 6.45) is 3.10. The number of hydrogen-bond acceptors (Lipinski definition) is 3. The second kappa shape index (κ2) is 9.03. The zero-order valence-electron chi connectivity index (χ0n) is 14.5. The van der Waals surface area contributed by atoms with Crippen LogP contribution in [-0.2, 0) is 9.59 Å². The summed E-state index contributed by atoms with van der Waals surface area (Å²) in [5, 5.41) is 10.5. The highest BCUT2D eigenvalue weighted by molar-refractivity contribution is 6.02. The lowest BCUT2D eigenvalue weighted by Gasteiger charge is -2.06. The van der Waals surface area contributed by atoms with E-state index in [0.29, 0.717) is 17.1 Å². The third kappa shape index (κ3) is 6.12. The zero-order valence-corrected chi connectivity index (χ0v) is 14.5. The van der Waals surface area contributed by atoms with Gasteiger partial charge in [0.05, 0.1) is 0 Å². The molecule has 0 unspecified atom stereocenters. The molecule has 0 aliphatic heterocycles. The van der Waals surface area contributed by atoms with Crippen LogP contribution in [0.25, 0.3) is 6.08 Å². The number of anilines is 3. The van der Waals surface area contributed by atoms with Gasteiger partial charge in [-0.3, -0.25) is 9.59 Å². The Morgan fingerprint density at radius 2 is 1.27 bits per heavy atom. The van der Waals surface area contributed by atoms with E-state index in [9.17, 15) is 14.4 Å². The van der Waals surface area contributed by atoms with Crippen LogP contribution >= 0.6 is 0 Å². The van der Waals surface area contributed by atoms with Crippen molar-refractivity contribution in [2.75, 3.05) is 23.0 Å². The van der Waals surface area contributed by atoms with E-state index < -0.39 is 0 Å². The van der Waals surface area contributed by atoms with Crippen LogP contribution in [0.3, 0.4) is 0 Å². The lowest BCUT2D eigenvalue weighted by molar-refractivity contribution is -0.114. The molecule has 0 aliphatic rings. The summed E-state index contributed by atoms with van der Waals surface area (Å²) in [6, 6.07) is 13.6. The lowest BCUT2D eigenvalue weighted by Crippen LogP contribution is -2.24. The van der Waals surface area contributed by atoms with E-state index in [2.05, 4.69) is 21.3 Å². The van der Waals surface area contributed by atoms with Crippen molar-refractivity contribution in [2.45, 2.75) is 6.92 Å². The molecule has 0 bridgehead atoms. The van der Waals surface area contributed by atoms with Gasteiger partial charge in [-0.05, 0) is 48.0 Å². The number of rotatable bonds is 5. The Balaban J connectivity index is 1.90. The van der Waals surface area contributed by atoms with Crippen LogP contribution in [0.2, 0.25) is 0 Å². The fourth-order valence-electron chi connectivity index (χ4n) is 2.07. The molecule has 0 fully saturated rings. The van der Waals surface area contributed by atoms with Gasteiger partial charge >= 0.3 is 6.03 Å². The Bertz CT molecular complexity index is 812. The normalized spacial score (nSPS) is 10.2. The van der Waals surface area contributed by atoms with Crippen LogP contribution in [0, 0.1) is 0 Å². The Kier molecular flexibility index (Phi) is 6.50. The van der Waals surface area contributed by atoms with Crippen molar-refractivity contribution < 1.29 is 14.4 Å². The monoisotopic (exact) mass is 352 g/mol. The van der Waals surface area contributed by atoms with E-state index >= 15 is 0 Å². The standard InChI is InChI=1S/C19H20N4O3/c1-13(24)21-15-6-3-14(4-7-15)5-12-18(25)22-16-8-10-17(11-9-16)23-19(26)20-2/h3-12H,1-2H3,(H,21,24)(H,22,25)(H2,20,23,26)/b12-5+. The molecule has 0 radical (unpaired) electrons. The summed E-state index contributed by atoms with van der Waals surface area (Å²) < 4.78 is 0. The molecule has 2 rings (SSSR count). The van der Waals surface area contributed by atoms with Gasteiger partial charge in [-0.1, -0.05) is 12.1 Å². The molecule has 0 aromatic heterocycles. The van der Waals surface area contributed by atoms with Gasteiger partial charge in [0.15, 0.2) is 0 Å². The summed E-state index contributed by atoms with van der Waals surface area (Å²) in [6.45, 7) is 1.44. The number of hydrogen-bond donors (Lipinski definition) is 4. The Morgan fingerprint density at radius 3 is 1.81 bits per heavy atom. The third-order valence-corrected chi connectivity index (χ3v) is 3.30. The van der Waals surface area contributed by atoms with Crippen LogP contribution in [-0.4, -0.2) is 24.9 Å². The van der Waals surface area contributed by atoms with Crippen molar-refractivity contribution in [1.82, 2.24) is 5.32 Å². The Hall–Kier alpha value is -3.61. The second-order valence-electron chi connectivity index (χ2n) is 5.41. The summed E-state index contributed by atoms with van der Waals surface area (Å²) >= 11 is 0. The molecule has 0 spiro atoms. The van der Waals surface area contributed by atoms with Crippen molar-refractivity contribution in [3.8, 4) is 0 Å². The highest BCUT2D eigenvalue weighted by atomic mass is 16.2. The van der Waals surface area contributed by atoms with Gasteiger partial charge in [-0.25, -0.2) is 4.79 Å². The fourth-order valence-corrected chi connectivity index (χ4v) is 2.07. The zero-order chi connectivity index (χ0) is 18.9. The predicted octanol–water partition coefficient (Wildman–Crippen LogP) is 3.05. The maximum atomic E-state index is 12.0. The molecular weight excluding hydrogens is 332 g/mol. The van der Waals surface area contributed by atoms with Crippen LogP contribution in [0.1, 0.15) is 12.5 Å². The molecular formula is C19H20N4O3. The van der Waals surface area contributed by atoms with Crippen molar-refractivity contribution in [3.63, 3.8) is 0 Å². The van der Waals surface area contributed by atoms with Crippen molar-refractivity contribution in [3.05, 3.63) is 60.2 Å².